The fraction of sp³-hybridized carbons (Fsp3) is 0.846. The van der Waals surface area contributed by atoms with Gasteiger partial charge in [-0.25, -0.2) is 0 Å². The maximum Gasteiger partial charge on any atom is 0.389 e. The lowest BCUT2D eigenvalue weighted by Crippen LogP contribution is -2.43. The quantitative estimate of drug-likeness (QED) is 0.766. The molecule has 20 heavy (non-hydrogen) atoms. The van der Waals surface area contributed by atoms with E-state index in [1.807, 2.05) is 0 Å². The van der Waals surface area contributed by atoms with E-state index in [2.05, 4.69) is 5.32 Å². The number of carbonyl (C=O) groups excluding carboxylic acids is 1. The summed E-state index contributed by atoms with van der Waals surface area (Å²) in [5, 5.41) is 11.7. The number of carboxylic acids is 1. The maximum absolute atomic E-state index is 12.0. The van der Waals surface area contributed by atoms with Crippen molar-refractivity contribution in [1.29, 1.82) is 0 Å². The molecule has 1 fully saturated rings. The van der Waals surface area contributed by atoms with Crippen LogP contribution in [-0.4, -0.2) is 29.7 Å². The van der Waals surface area contributed by atoms with E-state index in [9.17, 15) is 27.9 Å². The normalized spacial score (nSPS) is 19.1. The zero-order valence-electron chi connectivity index (χ0n) is 11.3. The van der Waals surface area contributed by atoms with Crippen molar-refractivity contribution in [2.45, 2.75) is 57.5 Å². The predicted octanol–water partition coefficient (Wildman–Crippen LogP) is 2.87. The number of carboxylic acid groups (broad SMARTS) is 1. The van der Waals surface area contributed by atoms with Gasteiger partial charge in [0.25, 0.3) is 0 Å². The minimum absolute atomic E-state index is 0.0843. The SMILES string of the molecule is O=C(CCC(F)(F)F)NCC1(C(=O)O)CCCCCC1. The molecule has 7 heteroatoms. The van der Waals surface area contributed by atoms with Gasteiger partial charge < -0.3 is 10.4 Å². The summed E-state index contributed by atoms with van der Waals surface area (Å²) in [5.74, 6) is -1.72. The summed E-state index contributed by atoms with van der Waals surface area (Å²) in [5.41, 5.74) is -1.02. The number of hydrogen-bond acceptors (Lipinski definition) is 2. The van der Waals surface area contributed by atoms with Crippen LogP contribution in [0.1, 0.15) is 51.4 Å². The van der Waals surface area contributed by atoms with Crippen LogP contribution in [0.4, 0.5) is 13.2 Å². The molecule has 4 nitrogen and oxygen atoms in total. The number of hydrogen-bond donors (Lipinski definition) is 2. The summed E-state index contributed by atoms with van der Waals surface area (Å²) in [6, 6.07) is 0. The van der Waals surface area contributed by atoms with Gasteiger partial charge in [-0.3, -0.25) is 9.59 Å². The standard InChI is InChI=1S/C13H20F3NO3/c14-13(15,16)8-5-10(18)17-9-12(11(19)20)6-3-1-2-4-7-12/h1-9H2,(H,17,18)(H,19,20). The average Bonchev–Trinajstić information content (AvgIpc) is 2.59. The van der Waals surface area contributed by atoms with Crippen LogP contribution in [-0.2, 0) is 9.59 Å². The lowest BCUT2D eigenvalue weighted by Gasteiger charge is -2.28. The Labute approximate surface area is 115 Å². The molecule has 2 N–H and O–H groups in total. The summed E-state index contributed by atoms with van der Waals surface area (Å²) < 4.78 is 36.0. The second-order valence-electron chi connectivity index (χ2n) is 5.39. The summed E-state index contributed by atoms with van der Waals surface area (Å²) in [7, 11) is 0. The Morgan fingerprint density at radius 3 is 2.10 bits per heavy atom. The number of amides is 1. The molecule has 0 aromatic heterocycles. The molecular weight excluding hydrogens is 275 g/mol. The second-order valence-corrected chi connectivity index (χ2v) is 5.39. The van der Waals surface area contributed by atoms with Crippen molar-refractivity contribution in [3.05, 3.63) is 0 Å². The van der Waals surface area contributed by atoms with Crippen molar-refractivity contribution in [2.24, 2.45) is 5.41 Å². The topological polar surface area (TPSA) is 66.4 Å². The van der Waals surface area contributed by atoms with Crippen LogP contribution in [0, 0.1) is 5.41 Å². The summed E-state index contributed by atoms with van der Waals surface area (Å²) in [6.45, 7) is -0.0843. The van der Waals surface area contributed by atoms with Crippen molar-refractivity contribution in [2.75, 3.05) is 6.54 Å². The van der Waals surface area contributed by atoms with E-state index in [-0.39, 0.29) is 6.54 Å². The fourth-order valence-electron chi connectivity index (χ4n) is 2.48. The van der Waals surface area contributed by atoms with E-state index in [1.165, 1.54) is 0 Å². The number of carbonyl (C=O) groups is 2. The molecule has 0 saturated heterocycles. The molecule has 1 aliphatic carbocycles. The molecule has 0 bridgehead atoms. The minimum atomic E-state index is -4.37. The van der Waals surface area contributed by atoms with E-state index in [0.717, 1.165) is 25.7 Å². The minimum Gasteiger partial charge on any atom is -0.481 e. The highest BCUT2D eigenvalue weighted by Crippen LogP contribution is 2.35. The third kappa shape index (κ3) is 5.38. The zero-order valence-corrected chi connectivity index (χ0v) is 11.3. The number of alkyl halides is 3. The summed E-state index contributed by atoms with van der Waals surface area (Å²) >= 11 is 0. The van der Waals surface area contributed by atoms with E-state index < -0.39 is 36.3 Å². The Kier molecular flexibility index (Phi) is 5.83. The highest BCUT2D eigenvalue weighted by Gasteiger charge is 2.39. The first-order valence-corrected chi connectivity index (χ1v) is 6.82. The summed E-state index contributed by atoms with van der Waals surface area (Å²) in [6.07, 6.45) is -1.84. The van der Waals surface area contributed by atoms with Crippen LogP contribution >= 0.6 is 0 Å². The van der Waals surface area contributed by atoms with Crippen LogP contribution in [0.3, 0.4) is 0 Å². The lowest BCUT2D eigenvalue weighted by molar-refractivity contribution is -0.151. The third-order valence-electron chi connectivity index (χ3n) is 3.77. The molecule has 0 aliphatic heterocycles. The average molecular weight is 295 g/mol. The first-order chi connectivity index (χ1) is 9.25. The maximum atomic E-state index is 12.0. The van der Waals surface area contributed by atoms with Crippen LogP contribution in [0.5, 0.6) is 0 Å². The van der Waals surface area contributed by atoms with Crippen molar-refractivity contribution in [3.63, 3.8) is 0 Å². The number of aliphatic carboxylic acids is 1. The smallest absolute Gasteiger partial charge is 0.389 e. The van der Waals surface area contributed by atoms with Gasteiger partial charge in [0.1, 0.15) is 0 Å². The third-order valence-corrected chi connectivity index (χ3v) is 3.77. The van der Waals surface area contributed by atoms with E-state index in [1.54, 1.807) is 0 Å². The number of halogens is 3. The number of nitrogens with one attached hydrogen (secondary N) is 1. The molecule has 0 heterocycles. The van der Waals surface area contributed by atoms with Crippen molar-refractivity contribution < 1.29 is 27.9 Å². The highest BCUT2D eigenvalue weighted by molar-refractivity contribution is 5.79. The van der Waals surface area contributed by atoms with Crippen molar-refractivity contribution in [1.82, 2.24) is 5.32 Å². The molecule has 0 atom stereocenters. The Balaban J connectivity index is 2.50. The zero-order chi connectivity index (χ0) is 15.2. The van der Waals surface area contributed by atoms with Gasteiger partial charge in [0.15, 0.2) is 0 Å². The fourth-order valence-corrected chi connectivity index (χ4v) is 2.48. The molecule has 0 aromatic carbocycles. The molecule has 0 radical (unpaired) electrons. The molecular formula is C13H20F3NO3. The van der Waals surface area contributed by atoms with Gasteiger partial charge in [-0.1, -0.05) is 25.7 Å². The second kappa shape index (κ2) is 6.95. The molecule has 1 rings (SSSR count). The lowest BCUT2D eigenvalue weighted by atomic mass is 9.80. The van der Waals surface area contributed by atoms with Crippen molar-refractivity contribution in [3.8, 4) is 0 Å². The monoisotopic (exact) mass is 295 g/mol. The van der Waals surface area contributed by atoms with Crippen LogP contribution in [0.25, 0.3) is 0 Å². The van der Waals surface area contributed by atoms with Crippen LogP contribution < -0.4 is 5.32 Å². The summed E-state index contributed by atoms with van der Waals surface area (Å²) in [4.78, 5) is 22.8. The number of rotatable bonds is 5. The Hall–Kier alpha value is -1.27. The Morgan fingerprint density at radius 1 is 1.10 bits per heavy atom. The van der Waals surface area contributed by atoms with E-state index in [4.69, 9.17) is 0 Å². The first kappa shape index (κ1) is 16.8. The predicted molar refractivity (Wildman–Crippen MR) is 66.1 cm³/mol. The highest BCUT2D eigenvalue weighted by atomic mass is 19.4. The van der Waals surface area contributed by atoms with Crippen molar-refractivity contribution >= 4 is 11.9 Å². The van der Waals surface area contributed by atoms with Gasteiger partial charge in [-0.15, -0.1) is 0 Å². The van der Waals surface area contributed by atoms with Gasteiger partial charge in [-0.05, 0) is 12.8 Å². The van der Waals surface area contributed by atoms with Gasteiger partial charge in [-0.2, -0.15) is 13.2 Å². The van der Waals surface area contributed by atoms with E-state index >= 15 is 0 Å². The molecule has 0 aromatic rings. The molecule has 1 aliphatic rings. The van der Waals surface area contributed by atoms with Gasteiger partial charge >= 0.3 is 12.1 Å². The molecule has 0 unspecified atom stereocenters. The molecule has 0 spiro atoms. The van der Waals surface area contributed by atoms with Crippen LogP contribution in [0.2, 0.25) is 0 Å². The molecule has 1 amide bonds. The van der Waals surface area contributed by atoms with Gasteiger partial charge in [0, 0.05) is 13.0 Å². The van der Waals surface area contributed by atoms with Gasteiger partial charge in [0.05, 0.1) is 11.8 Å². The first-order valence-electron chi connectivity index (χ1n) is 6.82. The Morgan fingerprint density at radius 2 is 1.65 bits per heavy atom. The Bertz CT molecular complexity index is 347. The largest absolute Gasteiger partial charge is 0.481 e. The molecule has 1 saturated carbocycles. The van der Waals surface area contributed by atoms with E-state index in [0.29, 0.717) is 12.8 Å². The molecule has 116 valence electrons. The van der Waals surface area contributed by atoms with Gasteiger partial charge in [0.2, 0.25) is 5.91 Å². The van der Waals surface area contributed by atoms with Crippen LogP contribution in [0.15, 0.2) is 0 Å².